The minimum atomic E-state index is 0.0789. The molecule has 0 aliphatic carbocycles. The maximum absolute atomic E-state index is 8.43. The van der Waals surface area contributed by atoms with Crippen LogP contribution in [0.2, 0.25) is 4.34 Å². The number of aliphatic hydroxyl groups excluding tert-OH is 1. The first-order chi connectivity index (χ1) is 5.83. The Balaban J connectivity index is 2.51. The molecular formula is C9H9ClOS. The summed E-state index contributed by atoms with van der Waals surface area (Å²) < 4.78 is 0.792. The summed E-state index contributed by atoms with van der Waals surface area (Å²) in [5, 5.41) is 8.43. The number of rotatable bonds is 3. The summed E-state index contributed by atoms with van der Waals surface area (Å²) in [5.41, 5.74) is 0. The van der Waals surface area contributed by atoms with Crippen LogP contribution >= 0.6 is 22.9 Å². The monoisotopic (exact) mass is 200 g/mol. The van der Waals surface area contributed by atoms with E-state index >= 15 is 0 Å². The van der Waals surface area contributed by atoms with Crippen molar-refractivity contribution in [2.45, 2.75) is 0 Å². The smallest absolute Gasteiger partial charge is 0.0934 e. The quantitative estimate of drug-likeness (QED) is 0.744. The molecule has 3 heteroatoms. The van der Waals surface area contributed by atoms with Gasteiger partial charge in [0.25, 0.3) is 0 Å². The number of hydrogen-bond donors (Lipinski definition) is 1. The van der Waals surface area contributed by atoms with Crippen LogP contribution in [0.15, 0.2) is 30.4 Å². The molecule has 1 rings (SSSR count). The van der Waals surface area contributed by atoms with Gasteiger partial charge < -0.3 is 5.11 Å². The average Bonchev–Trinajstić information content (AvgIpc) is 2.45. The van der Waals surface area contributed by atoms with Gasteiger partial charge in [0, 0.05) is 4.88 Å². The average molecular weight is 201 g/mol. The van der Waals surface area contributed by atoms with Gasteiger partial charge in [-0.25, -0.2) is 0 Å². The van der Waals surface area contributed by atoms with Gasteiger partial charge in [-0.15, -0.1) is 11.3 Å². The van der Waals surface area contributed by atoms with Crippen LogP contribution in [0.1, 0.15) is 4.88 Å². The Morgan fingerprint density at radius 3 is 2.83 bits per heavy atom. The van der Waals surface area contributed by atoms with E-state index in [0.29, 0.717) is 0 Å². The van der Waals surface area contributed by atoms with Crippen LogP contribution in [-0.2, 0) is 0 Å². The van der Waals surface area contributed by atoms with Gasteiger partial charge in [0.15, 0.2) is 0 Å². The van der Waals surface area contributed by atoms with Crippen molar-refractivity contribution >= 4 is 29.0 Å². The Morgan fingerprint density at radius 2 is 2.25 bits per heavy atom. The molecule has 1 nitrogen and oxygen atoms in total. The first-order valence-corrected chi connectivity index (χ1v) is 4.72. The van der Waals surface area contributed by atoms with Crippen molar-refractivity contribution in [3.05, 3.63) is 39.6 Å². The lowest BCUT2D eigenvalue weighted by atomic mass is 10.4. The molecule has 0 aliphatic heterocycles. The first-order valence-electron chi connectivity index (χ1n) is 3.52. The maximum Gasteiger partial charge on any atom is 0.0934 e. The molecule has 1 aromatic heterocycles. The molecule has 0 bridgehead atoms. The van der Waals surface area contributed by atoms with E-state index in [1.807, 2.05) is 24.3 Å². The van der Waals surface area contributed by atoms with Gasteiger partial charge in [-0.1, -0.05) is 29.8 Å². The van der Waals surface area contributed by atoms with Crippen molar-refractivity contribution in [2.75, 3.05) is 6.61 Å². The van der Waals surface area contributed by atoms with Crippen LogP contribution in [0.4, 0.5) is 0 Å². The Morgan fingerprint density at radius 1 is 1.42 bits per heavy atom. The van der Waals surface area contributed by atoms with E-state index in [4.69, 9.17) is 16.7 Å². The highest BCUT2D eigenvalue weighted by Gasteiger charge is 1.90. The lowest BCUT2D eigenvalue weighted by Gasteiger charge is -1.79. The predicted molar refractivity (Wildman–Crippen MR) is 54.6 cm³/mol. The summed E-state index contributed by atoms with van der Waals surface area (Å²) in [5.74, 6) is 0. The fraction of sp³-hybridized carbons (Fsp3) is 0.111. The van der Waals surface area contributed by atoms with Gasteiger partial charge in [0.1, 0.15) is 0 Å². The fourth-order valence-electron chi connectivity index (χ4n) is 0.708. The highest BCUT2D eigenvalue weighted by atomic mass is 35.5. The number of hydrogen-bond acceptors (Lipinski definition) is 2. The van der Waals surface area contributed by atoms with E-state index in [2.05, 4.69) is 0 Å². The highest BCUT2D eigenvalue weighted by Crippen LogP contribution is 2.22. The molecule has 12 heavy (non-hydrogen) atoms. The molecule has 1 aromatic rings. The zero-order valence-corrected chi connectivity index (χ0v) is 7.98. The zero-order valence-electron chi connectivity index (χ0n) is 6.40. The molecule has 1 heterocycles. The zero-order chi connectivity index (χ0) is 8.81. The van der Waals surface area contributed by atoms with E-state index in [9.17, 15) is 0 Å². The minimum absolute atomic E-state index is 0.0789. The van der Waals surface area contributed by atoms with Gasteiger partial charge >= 0.3 is 0 Å². The van der Waals surface area contributed by atoms with Crippen molar-refractivity contribution in [1.82, 2.24) is 0 Å². The fourth-order valence-corrected chi connectivity index (χ4v) is 1.68. The normalized spacial score (nSPS) is 11.8. The van der Waals surface area contributed by atoms with Crippen LogP contribution in [0.5, 0.6) is 0 Å². The standard InChI is InChI=1S/C9H9ClOS/c10-9-6-5-8(12-9)4-2-1-3-7-11/h1-6,11H,7H2/b3-1+,4-2+. The highest BCUT2D eigenvalue weighted by molar-refractivity contribution is 7.16. The number of halogens is 1. The van der Waals surface area contributed by atoms with E-state index in [0.717, 1.165) is 9.21 Å². The summed E-state index contributed by atoms with van der Waals surface area (Å²) >= 11 is 7.26. The maximum atomic E-state index is 8.43. The van der Waals surface area contributed by atoms with Gasteiger partial charge in [-0.05, 0) is 18.2 Å². The van der Waals surface area contributed by atoms with Crippen LogP contribution < -0.4 is 0 Å². The molecular weight excluding hydrogens is 192 g/mol. The largest absolute Gasteiger partial charge is 0.392 e. The van der Waals surface area contributed by atoms with E-state index in [1.165, 1.54) is 11.3 Å². The Bertz CT molecular complexity index is 288. The molecule has 0 aliphatic rings. The van der Waals surface area contributed by atoms with Crippen LogP contribution in [0, 0.1) is 0 Å². The Hall–Kier alpha value is -0.570. The van der Waals surface area contributed by atoms with Gasteiger partial charge in [0.2, 0.25) is 0 Å². The van der Waals surface area contributed by atoms with Gasteiger partial charge in [-0.3, -0.25) is 0 Å². The minimum Gasteiger partial charge on any atom is -0.392 e. The molecule has 0 spiro atoms. The van der Waals surface area contributed by atoms with E-state index < -0.39 is 0 Å². The van der Waals surface area contributed by atoms with Crippen molar-refractivity contribution in [3.63, 3.8) is 0 Å². The molecule has 0 radical (unpaired) electrons. The van der Waals surface area contributed by atoms with Crippen molar-refractivity contribution in [3.8, 4) is 0 Å². The summed E-state index contributed by atoms with van der Waals surface area (Å²) in [6.07, 6.45) is 7.29. The van der Waals surface area contributed by atoms with Crippen LogP contribution in [0.3, 0.4) is 0 Å². The molecule has 64 valence electrons. The van der Waals surface area contributed by atoms with Crippen molar-refractivity contribution in [1.29, 1.82) is 0 Å². The third-order valence-electron chi connectivity index (χ3n) is 1.21. The second-order valence-electron chi connectivity index (χ2n) is 2.11. The van der Waals surface area contributed by atoms with Crippen molar-refractivity contribution < 1.29 is 5.11 Å². The topological polar surface area (TPSA) is 20.2 Å². The first kappa shape index (κ1) is 9.52. The molecule has 0 amide bonds. The summed E-state index contributed by atoms with van der Waals surface area (Å²) in [7, 11) is 0. The summed E-state index contributed by atoms with van der Waals surface area (Å²) in [4.78, 5) is 1.11. The lowest BCUT2D eigenvalue weighted by molar-refractivity contribution is 0.343. The number of allylic oxidation sites excluding steroid dienone is 2. The Labute approximate surface area is 80.6 Å². The summed E-state index contributed by atoms with van der Waals surface area (Å²) in [6.45, 7) is 0.0789. The molecule has 0 atom stereocenters. The molecule has 0 aromatic carbocycles. The van der Waals surface area contributed by atoms with E-state index in [1.54, 1.807) is 12.2 Å². The predicted octanol–water partition coefficient (Wildman–Crippen LogP) is 2.96. The van der Waals surface area contributed by atoms with Crippen molar-refractivity contribution in [2.24, 2.45) is 0 Å². The molecule has 0 saturated heterocycles. The van der Waals surface area contributed by atoms with Crippen LogP contribution in [0.25, 0.3) is 6.08 Å². The molecule has 1 N–H and O–H groups in total. The number of aliphatic hydroxyl groups is 1. The van der Waals surface area contributed by atoms with E-state index in [-0.39, 0.29) is 6.61 Å². The molecule has 0 saturated carbocycles. The molecule has 0 fully saturated rings. The summed E-state index contributed by atoms with van der Waals surface area (Å²) in [6, 6.07) is 3.82. The molecule has 0 unspecified atom stereocenters. The Kier molecular flexibility index (Phi) is 4.08. The SMILES string of the molecule is OC/C=C/C=C/c1ccc(Cl)s1. The van der Waals surface area contributed by atoms with Crippen LogP contribution in [-0.4, -0.2) is 11.7 Å². The van der Waals surface area contributed by atoms with Gasteiger partial charge in [-0.2, -0.15) is 0 Å². The lowest BCUT2D eigenvalue weighted by Crippen LogP contribution is -1.67. The third-order valence-corrected chi connectivity index (χ3v) is 2.40. The second kappa shape index (κ2) is 5.14. The number of thiophene rings is 1. The van der Waals surface area contributed by atoms with Gasteiger partial charge in [0.05, 0.1) is 10.9 Å². The third kappa shape index (κ3) is 3.22. The second-order valence-corrected chi connectivity index (χ2v) is 3.86.